The summed E-state index contributed by atoms with van der Waals surface area (Å²) in [7, 11) is -3.40. The van der Waals surface area contributed by atoms with Crippen LogP contribution in [0.1, 0.15) is 57.8 Å². The van der Waals surface area contributed by atoms with Crippen LogP contribution < -0.4 is 4.72 Å². The number of hydrogen-bond donors (Lipinski definition) is 2. The predicted octanol–water partition coefficient (Wildman–Crippen LogP) is 5.23. The maximum Gasteiger partial charge on any atom is 0.303 e. The molecule has 5 nitrogen and oxygen atoms in total. The highest BCUT2D eigenvalue weighted by Crippen LogP contribution is 2.44. The Hall–Kier alpha value is -1.53. The van der Waals surface area contributed by atoms with Crippen molar-refractivity contribution in [2.45, 2.75) is 57.8 Å². The molecular weight excluding hydrogens is 386 g/mol. The van der Waals surface area contributed by atoms with Gasteiger partial charge >= 0.3 is 5.97 Å². The van der Waals surface area contributed by atoms with E-state index in [0.717, 1.165) is 38.5 Å². The van der Waals surface area contributed by atoms with Gasteiger partial charge in [0, 0.05) is 17.1 Å². The van der Waals surface area contributed by atoms with Gasteiger partial charge in [0.05, 0.1) is 5.75 Å². The van der Waals surface area contributed by atoms with E-state index in [2.05, 4.69) is 10.8 Å². The third kappa shape index (κ3) is 7.93. The van der Waals surface area contributed by atoms with Crippen LogP contribution in [0.5, 0.6) is 0 Å². The summed E-state index contributed by atoms with van der Waals surface area (Å²) >= 11 is 5.83. The number of anilines is 1. The number of carboxylic acids is 1. The number of hydrogen-bond acceptors (Lipinski definition) is 3. The fraction of sp³-hybridized carbons (Fsp3) is 0.550. The normalized spacial score (nSPS) is 16.6. The summed E-state index contributed by atoms with van der Waals surface area (Å²) in [5, 5.41) is 9.22. The summed E-state index contributed by atoms with van der Waals surface area (Å²) < 4.78 is 27.5. The first-order valence-corrected chi connectivity index (χ1v) is 11.5. The van der Waals surface area contributed by atoms with Crippen LogP contribution in [0.4, 0.5) is 5.69 Å². The Balaban J connectivity index is 1.86. The fourth-order valence-electron chi connectivity index (χ4n) is 3.60. The fourth-order valence-corrected chi connectivity index (χ4v) is 5.03. The van der Waals surface area contributed by atoms with Gasteiger partial charge in [0.25, 0.3) is 0 Å². The Morgan fingerprint density at radius 2 is 1.85 bits per heavy atom. The van der Waals surface area contributed by atoms with Crippen LogP contribution in [0.2, 0.25) is 5.02 Å². The highest BCUT2D eigenvalue weighted by molar-refractivity contribution is 7.92. The Bertz CT molecular complexity index is 738. The molecule has 0 saturated heterocycles. The van der Waals surface area contributed by atoms with Crippen molar-refractivity contribution < 1.29 is 18.3 Å². The lowest BCUT2D eigenvalue weighted by molar-refractivity contribution is -0.137. The lowest BCUT2D eigenvalue weighted by Crippen LogP contribution is -2.24. The van der Waals surface area contributed by atoms with Crippen molar-refractivity contribution in [2.75, 3.05) is 10.5 Å². The first kappa shape index (κ1) is 21.8. The summed E-state index contributed by atoms with van der Waals surface area (Å²) in [6.45, 7) is 0. The summed E-state index contributed by atoms with van der Waals surface area (Å²) in [5.74, 6) is -0.670. The molecule has 27 heavy (non-hydrogen) atoms. The minimum absolute atomic E-state index is 0.0397. The third-order valence-electron chi connectivity index (χ3n) is 5.16. The van der Waals surface area contributed by atoms with Crippen molar-refractivity contribution in [1.82, 2.24) is 0 Å². The Morgan fingerprint density at radius 1 is 1.19 bits per heavy atom. The number of aliphatic carboxylic acids is 1. The molecule has 0 atom stereocenters. The van der Waals surface area contributed by atoms with E-state index in [0.29, 0.717) is 23.6 Å². The molecule has 1 aromatic carbocycles. The van der Waals surface area contributed by atoms with E-state index in [-0.39, 0.29) is 17.6 Å². The van der Waals surface area contributed by atoms with Gasteiger partial charge in [0.1, 0.15) is 0 Å². The molecule has 2 rings (SSSR count). The van der Waals surface area contributed by atoms with E-state index in [1.54, 1.807) is 24.3 Å². The molecule has 7 heteroatoms. The van der Waals surface area contributed by atoms with Gasteiger partial charge in [-0.15, -0.1) is 0 Å². The second-order valence-electron chi connectivity index (χ2n) is 7.35. The van der Waals surface area contributed by atoms with Crippen molar-refractivity contribution in [3.8, 4) is 0 Å². The molecule has 1 fully saturated rings. The van der Waals surface area contributed by atoms with Crippen LogP contribution in [-0.4, -0.2) is 25.2 Å². The number of rotatable bonds is 11. The van der Waals surface area contributed by atoms with Crippen molar-refractivity contribution >= 4 is 33.3 Å². The van der Waals surface area contributed by atoms with Crippen LogP contribution in [0.25, 0.3) is 0 Å². The molecule has 0 spiro atoms. The van der Waals surface area contributed by atoms with Gasteiger partial charge in [0.15, 0.2) is 0 Å². The zero-order chi connectivity index (χ0) is 19.8. The van der Waals surface area contributed by atoms with E-state index < -0.39 is 16.0 Å². The lowest BCUT2D eigenvalue weighted by atomic mass is 9.80. The number of carboxylic acid groups (broad SMARTS) is 1. The number of allylic oxidation sites excluding steroid dienone is 2. The quantitative estimate of drug-likeness (QED) is 0.384. The zero-order valence-electron chi connectivity index (χ0n) is 15.5. The topological polar surface area (TPSA) is 83.5 Å². The average Bonchev–Trinajstić information content (AvgIpc) is 3.07. The number of benzene rings is 1. The summed E-state index contributed by atoms with van der Waals surface area (Å²) in [6, 6.07) is 6.64. The first-order chi connectivity index (χ1) is 12.8. The smallest absolute Gasteiger partial charge is 0.303 e. The molecule has 0 unspecified atom stereocenters. The van der Waals surface area contributed by atoms with Crippen molar-refractivity contribution in [2.24, 2.45) is 5.41 Å². The van der Waals surface area contributed by atoms with Gasteiger partial charge in [-0.2, -0.15) is 0 Å². The Labute approximate surface area is 166 Å². The molecule has 0 amide bonds. The average molecular weight is 414 g/mol. The van der Waals surface area contributed by atoms with Gasteiger partial charge in [0.2, 0.25) is 10.0 Å². The molecule has 1 aliphatic carbocycles. The molecule has 2 N–H and O–H groups in total. The Morgan fingerprint density at radius 3 is 2.48 bits per heavy atom. The van der Waals surface area contributed by atoms with Gasteiger partial charge in [-0.1, -0.05) is 36.6 Å². The predicted molar refractivity (Wildman–Crippen MR) is 110 cm³/mol. The van der Waals surface area contributed by atoms with Crippen LogP contribution in [0.15, 0.2) is 36.4 Å². The van der Waals surface area contributed by atoms with E-state index in [1.165, 1.54) is 0 Å². The number of unbranched alkanes of at least 4 members (excludes halogenated alkanes) is 1. The van der Waals surface area contributed by atoms with E-state index in [4.69, 9.17) is 16.7 Å². The molecule has 1 aliphatic rings. The van der Waals surface area contributed by atoms with E-state index in [1.807, 2.05) is 6.08 Å². The number of sulfonamides is 1. The maximum atomic E-state index is 12.4. The summed E-state index contributed by atoms with van der Waals surface area (Å²) in [5.41, 5.74) is 0.566. The number of halogens is 1. The molecule has 0 aliphatic heterocycles. The number of nitrogens with one attached hydrogen (secondary N) is 1. The zero-order valence-corrected chi connectivity index (χ0v) is 17.1. The first-order valence-electron chi connectivity index (χ1n) is 9.43. The standard InChI is InChI=1S/C20H28ClNO4S/c21-17-8-10-18(11-9-17)22-27(25,26)16-15-20(13-5-6-14-20)12-4-2-1-3-7-19(23)24/h2,4,8-11,22H,1,3,5-7,12-16H2,(H,23,24)/b4-2-. The summed E-state index contributed by atoms with van der Waals surface area (Å²) in [6.07, 6.45) is 11.6. The third-order valence-corrected chi connectivity index (χ3v) is 6.70. The van der Waals surface area contributed by atoms with Gasteiger partial charge in [-0.25, -0.2) is 8.42 Å². The molecule has 1 aromatic rings. The van der Waals surface area contributed by atoms with Crippen LogP contribution in [-0.2, 0) is 14.8 Å². The lowest BCUT2D eigenvalue weighted by Gasteiger charge is -2.27. The van der Waals surface area contributed by atoms with E-state index >= 15 is 0 Å². The van der Waals surface area contributed by atoms with Crippen molar-refractivity contribution in [3.63, 3.8) is 0 Å². The highest BCUT2D eigenvalue weighted by atomic mass is 35.5. The highest BCUT2D eigenvalue weighted by Gasteiger charge is 2.33. The molecule has 0 heterocycles. The minimum atomic E-state index is -3.40. The maximum absolute atomic E-state index is 12.4. The van der Waals surface area contributed by atoms with Crippen molar-refractivity contribution in [3.05, 3.63) is 41.4 Å². The largest absolute Gasteiger partial charge is 0.481 e. The number of carbonyl (C=O) groups is 1. The summed E-state index contributed by atoms with van der Waals surface area (Å²) in [4.78, 5) is 10.5. The molecule has 1 saturated carbocycles. The molecular formula is C20H28ClNO4S. The van der Waals surface area contributed by atoms with Gasteiger partial charge < -0.3 is 5.11 Å². The minimum Gasteiger partial charge on any atom is -0.481 e. The molecule has 0 radical (unpaired) electrons. The van der Waals surface area contributed by atoms with Gasteiger partial charge in [-0.3, -0.25) is 9.52 Å². The molecule has 0 aromatic heterocycles. The monoisotopic (exact) mass is 413 g/mol. The molecule has 0 bridgehead atoms. The molecule has 150 valence electrons. The Kier molecular flexibility index (Phi) is 8.17. The van der Waals surface area contributed by atoms with E-state index in [9.17, 15) is 13.2 Å². The van der Waals surface area contributed by atoms with Crippen LogP contribution in [0.3, 0.4) is 0 Å². The van der Waals surface area contributed by atoms with Crippen LogP contribution >= 0.6 is 11.6 Å². The second-order valence-corrected chi connectivity index (χ2v) is 9.62. The SMILES string of the molecule is O=C(O)CCC/C=C\CC1(CCS(=O)(=O)Nc2ccc(Cl)cc2)CCCC1. The second kappa shape index (κ2) is 10.1. The van der Waals surface area contributed by atoms with Gasteiger partial charge in [-0.05, 0) is 68.2 Å². The van der Waals surface area contributed by atoms with Crippen molar-refractivity contribution in [1.29, 1.82) is 0 Å². The van der Waals surface area contributed by atoms with Crippen LogP contribution in [0, 0.1) is 5.41 Å².